The van der Waals surface area contributed by atoms with E-state index < -0.39 is 0 Å². The van der Waals surface area contributed by atoms with E-state index in [9.17, 15) is 9.18 Å². The summed E-state index contributed by atoms with van der Waals surface area (Å²) < 4.78 is 12.9. The lowest BCUT2D eigenvalue weighted by atomic mass is 10.1. The number of anilines is 1. The van der Waals surface area contributed by atoms with Crippen LogP contribution in [0.15, 0.2) is 42.6 Å². The van der Waals surface area contributed by atoms with Crippen LogP contribution in [-0.4, -0.2) is 34.9 Å². The van der Waals surface area contributed by atoms with Gasteiger partial charge < -0.3 is 10.2 Å². The molecule has 1 aromatic carbocycles. The minimum Gasteiger partial charge on any atom is -0.364 e. The number of likely N-dealkylation sites (tertiary alicyclic amines) is 1. The highest BCUT2D eigenvalue weighted by Gasteiger charge is 2.29. The second kappa shape index (κ2) is 7.09. The van der Waals surface area contributed by atoms with E-state index in [1.54, 1.807) is 35.4 Å². The van der Waals surface area contributed by atoms with E-state index in [0.29, 0.717) is 37.3 Å². The molecule has 2 aromatic rings. The Morgan fingerprint density at radius 3 is 2.88 bits per heavy atom. The van der Waals surface area contributed by atoms with Crippen molar-refractivity contribution in [3.05, 3.63) is 59.5 Å². The Bertz CT molecular complexity index is 769. The van der Waals surface area contributed by atoms with Crippen molar-refractivity contribution in [2.45, 2.75) is 18.9 Å². The Balaban J connectivity index is 1.57. The van der Waals surface area contributed by atoms with Crippen LogP contribution in [0.25, 0.3) is 0 Å². The SMILES string of the molecule is N#Cc1cccnc1N[C@@H]1CC(=O)N(CCc2ccc(F)cc2)C1. The summed E-state index contributed by atoms with van der Waals surface area (Å²) in [4.78, 5) is 18.1. The second-order valence-electron chi connectivity index (χ2n) is 5.77. The smallest absolute Gasteiger partial charge is 0.224 e. The maximum Gasteiger partial charge on any atom is 0.224 e. The number of aromatic nitrogens is 1. The molecule has 5 nitrogen and oxygen atoms in total. The number of nitrogens with one attached hydrogen (secondary N) is 1. The molecule has 24 heavy (non-hydrogen) atoms. The van der Waals surface area contributed by atoms with Crippen molar-refractivity contribution in [3.63, 3.8) is 0 Å². The molecule has 1 saturated heterocycles. The van der Waals surface area contributed by atoms with Crippen LogP contribution in [0.5, 0.6) is 0 Å². The molecule has 1 fully saturated rings. The first-order valence-corrected chi connectivity index (χ1v) is 7.79. The topological polar surface area (TPSA) is 69.0 Å². The highest BCUT2D eigenvalue weighted by atomic mass is 19.1. The summed E-state index contributed by atoms with van der Waals surface area (Å²) in [6, 6.07) is 11.7. The van der Waals surface area contributed by atoms with Gasteiger partial charge in [0.05, 0.1) is 11.6 Å². The normalized spacial score (nSPS) is 16.9. The minimum atomic E-state index is -0.260. The number of carbonyl (C=O) groups excluding carboxylic acids is 1. The fraction of sp³-hybridized carbons (Fsp3) is 0.278. The Morgan fingerprint density at radius 1 is 1.33 bits per heavy atom. The van der Waals surface area contributed by atoms with Crippen LogP contribution in [0.3, 0.4) is 0 Å². The molecule has 1 amide bonds. The third-order valence-corrected chi connectivity index (χ3v) is 4.07. The standard InChI is InChI=1S/C18H17FN4O/c19-15-5-3-13(4-6-15)7-9-23-12-16(10-17(23)24)22-18-14(11-20)2-1-8-21-18/h1-6,8,16H,7,9-10,12H2,(H,21,22)/t16-/m1/s1. The molecule has 0 aliphatic carbocycles. The molecule has 0 radical (unpaired) electrons. The van der Waals surface area contributed by atoms with Gasteiger partial charge in [0, 0.05) is 25.7 Å². The first-order chi connectivity index (χ1) is 11.7. The van der Waals surface area contributed by atoms with Gasteiger partial charge in [-0.25, -0.2) is 9.37 Å². The summed E-state index contributed by atoms with van der Waals surface area (Å²) in [5.74, 6) is 0.325. The maximum absolute atomic E-state index is 12.9. The van der Waals surface area contributed by atoms with Crippen molar-refractivity contribution in [3.8, 4) is 6.07 Å². The average molecular weight is 324 g/mol. The van der Waals surface area contributed by atoms with Crippen molar-refractivity contribution in [2.75, 3.05) is 18.4 Å². The minimum absolute atomic E-state index is 0.0623. The zero-order chi connectivity index (χ0) is 16.9. The molecule has 1 aromatic heterocycles. The molecule has 1 aliphatic heterocycles. The first-order valence-electron chi connectivity index (χ1n) is 7.79. The Kier molecular flexibility index (Phi) is 4.71. The number of nitriles is 1. The van der Waals surface area contributed by atoms with Gasteiger partial charge in [0.15, 0.2) is 0 Å². The second-order valence-corrected chi connectivity index (χ2v) is 5.77. The van der Waals surface area contributed by atoms with Gasteiger partial charge in [-0.15, -0.1) is 0 Å². The summed E-state index contributed by atoms with van der Waals surface area (Å²) in [6.45, 7) is 1.16. The number of benzene rings is 1. The molecule has 1 atom stereocenters. The molecule has 0 spiro atoms. The molecule has 2 heterocycles. The molecule has 122 valence electrons. The Hall–Kier alpha value is -2.94. The quantitative estimate of drug-likeness (QED) is 0.916. The molecule has 3 rings (SSSR count). The van der Waals surface area contributed by atoms with Crippen molar-refractivity contribution in [1.29, 1.82) is 5.26 Å². The fourth-order valence-electron chi connectivity index (χ4n) is 2.80. The lowest BCUT2D eigenvalue weighted by molar-refractivity contribution is -0.127. The van der Waals surface area contributed by atoms with Gasteiger partial charge in [-0.05, 0) is 36.2 Å². The zero-order valence-electron chi connectivity index (χ0n) is 13.1. The largest absolute Gasteiger partial charge is 0.364 e. The van der Waals surface area contributed by atoms with E-state index in [1.165, 1.54) is 12.1 Å². The van der Waals surface area contributed by atoms with E-state index in [4.69, 9.17) is 5.26 Å². The number of rotatable bonds is 5. The van der Waals surface area contributed by atoms with Crippen LogP contribution in [0.1, 0.15) is 17.5 Å². The summed E-state index contributed by atoms with van der Waals surface area (Å²) in [5, 5.41) is 12.3. The van der Waals surface area contributed by atoms with Gasteiger partial charge >= 0.3 is 0 Å². The van der Waals surface area contributed by atoms with Gasteiger partial charge in [-0.2, -0.15) is 5.26 Å². The molecule has 0 bridgehead atoms. The Morgan fingerprint density at radius 2 is 2.12 bits per heavy atom. The van der Waals surface area contributed by atoms with Crippen LogP contribution >= 0.6 is 0 Å². The average Bonchev–Trinajstić information content (AvgIpc) is 2.94. The molecular formula is C18H17FN4O. The number of pyridine rings is 1. The predicted molar refractivity (Wildman–Crippen MR) is 87.7 cm³/mol. The van der Waals surface area contributed by atoms with Crippen molar-refractivity contribution in [1.82, 2.24) is 9.88 Å². The zero-order valence-corrected chi connectivity index (χ0v) is 13.1. The summed E-state index contributed by atoms with van der Waals surface area (Å²) in [5.41, 5.74) is 1.46. The third-order valence-electron chi connectivity index (χ3n) is 4.07. The number of carbonyl (C=O) groups is 1. The predicted octanol–water partition coefficient (Wildman–Crippen LogP) is 2.35. The van der Waals surface area contributed by atoms with Crippen molar-refractivity contribution in [2.24, 2.45) is 0 Å². The summed E-state index contributed by atoms with van der Waals surface area (Å²) in [7, 11) is 0. The lowest BCUT2D eigenvalue weighted by Crippen LogP contribution is -2.30. The van der Waals surface area contributed by atoms with Crippen LogP contribution in [0, 0.1) is 17.1 Å². The monoisotopic (exact) mass is 324 g/mol. The fourth-order valence-corrected chi connectivity index (χ4v) is 2.80. The van der Waals surface area contributed by atoms with Crippen LogP contribution in [0.4, 0.5) is 10.2 Å². The number of halogens is 1. The van der Waals surface area contributed by atoms with Crippen LogP contribution in [-0.2, 0) is 11.2 Å². The molecule has 1 N–H and O–H groups in total. The van der Waals surface area contributed by atoms with Gasteiger partial charge in [-0.1, -0.05) is 12.1 Å². The summed E-state index contributed by atoms with van der Waals surface area (Å²) >= 11 is 0. The van der Waals surface area contributed by atoms with Crippen LogP contribution in [0.2, 0.25) is 0 Å². The lowest BCUT2D eigenvalue weighted by Gasteiger charge is -2.17. The van der Waals surface area contributed by atoms with E-state index >= 15 is 0 Å². The van der Waals surface area contributed by atoms with Crippen LogP contribution < -0.4 is 5.32 Å². The highest BCUT2D eigenvalue weighted by Crippen LogP contribution is 2.18. The number of hydrogen-bond acceptors (Lipinski definition) is 4. The number of hydrogen-bond donors (Lipinski definition) is 1. The number of amides is 1. The Labute approximate surface area is 139 Å². The first kappa shape index (κ1) is 15.9. The van der Waals surface area contributed by atoms with Gasteiger partial charge in [-0.3, -0.25) is 4.79 Å². The third kappa shape index (κ3) is 3.69. The van der Waals surface area contributed by atoms with E-state index in [-0.39, 0.29) is 17.8 Å². The summed E-state index contributed by atoms with van der Waals surface area (Å²) in [6.07, 6.45) is 2.68. The molecule has 0 unspecified atom stereocenters. The van der Waals surface area contributed by atoms with Gasteiger partial charge in [0.25, 0.3) is 0 Å². The van der Waals surface area contributed by atoms with E-state index in [0.717, 1.165) is 5.56 Å². The van der Waals surface area contributed by atoms with Gasteiger partial charge in [0.2, 0.25) is 5.91 Å². The molecule has 0 saturated carbocycles. The van der Waals surface area contributed by atoms with E-state index in [2.05, 4.69) is 16.4 Å². The number of nitrogens with zero attached hydrogens (tertiary/aromatic N) is 3. The van der Waals surface area contributed by atoms with Crippen molar-refractivity contribution < 1.29 is 9.18 Å². The van der Waals surface area contributed by atoms with Crippen molar-refractivity contribution >= 4 is 11.7 Å². The molecule has 1 aliphatic rings. The highest BCUT2D eigenvalue weighted by molar-refractivity contribution is 5.80. The molecule has 6 heteroatoms. The van der Waals surface area contributed by atoms with Gasteiger partial charge in [0.1, 0.15) is 17.7 Å². The maximum atomic E-state index is 12.9. The molecular weight excluding hydrogens is 307 g/mol. The van der Waals surface area contributed by atoms with E-state index in [1.807, 2.05) is 0 Å².